The predicted octanol–water partition coefficient (Wildman–Crippen LogP) is 12.3. The van der Waals surface area contributed by atoms with Gasteiger partial charge in [-0.2, -0.15) is 0 Å². The van der Waals surface area contributed by atoms with E-state index in [1.54, 1.807) is 48.5 Å². The van der Waals surface area contributed by atoms with Gasteiger partial charge in [0.25, 0.3) is 11.4 Å². The quantitative estimate of drug-likeness (QED) is 0.0173. The van der Waals surface area contributed by atoms with Gasteiger partial charge >= 0.3 is 11.9 Å². The Bertz CT molecular complexity index is 2130. The average molecular weight is 867 g/mol. The lowest BCUT2D eigenvalue weighted by Gasteiger charge is -2.25. The molecule has 5 aromatic rings. The van der Waals surface area contributed by atoms with E-state index in [4.69, 9.17) is 9.47 Å². The maximum atomic E-state index is 13.1. The van der Waals surface area contributed by atoms with E-state index in [0.29, 0.717) is 24.2 Å². The van der Waals surface area contributed by atoms with Gasteiger partial charge in [-0.1, -0.05) is 101 Å². The molecule has 5 rings (SSSR count). The van der Waals surface area contributed by atoms with E-state index >= 15 is 0 Å². The standard InChI is InChI=1S/C52H58N4O8/c1-3-5-7-9-35-53(47-27-15-41(16-28-47)11-13-43-19-31-49(32-20-43)55(59)60)37-39-63-51(57)45-23-25-46(26-24-45)52(58)64-40-38-54(36-10-8-6-4-2)48-29-17-42(18-30-48)12-14-44-21-33-50(34-22-44)56(61)62/h11-34H,3-10,35-40H2,1-2H3/b13-11+,14-12+. The monoisotopic (exact) mass is 866 g/mol. The second kappa shape index (κ2) is 25.8. The van der Waals surface area contributed by atoms with Crippen molar-refractivity contribution in [2.24, 2.45) is 0 Å². The molecule has 0 fully saturated rings. The molecule has 0 aliphatic carbocycles. The molecule has 12 heteroatoms. The molecule has 0 unspecified atom stereocenters. The van der Waals surface area contributed by atoms with Crippen molar-refractivity contribution >= 4 is 59.0 Å². The zero-order valence-corrected chi connectivity index (χ0v) is 36.8. The number of benzene rings is 5. The summed E-state index contributed by atoms with van der Waals surface area (Å²) in [6.07, 6.45) is 16.6. The third kappa shape index (κ3) is 15.7. The number of hydrogen-bond acceptors (Lipinski definition) is 10. The molecule has 0 radical (unpaired) electrons. The van der Waals surface area contributed by atoms with E-state index in [1.165, 1.54) is 24.3 Å². The number of rotatable bonds is 26. The van der Waals surface area contributed by atoms with Crippen molar-refractivity contribution in [3.63, 3.8) is 0 Å². The molecule has 0 amide bonds. The van der Waals surface area contributed by atoms with Gasteiger partial charge in [0.1, 0.15) is 13.2 Å². The maximum Gasteiger partial charge on any atom is 0.338 e. The molecule has 0 heterocycles. The molecule has 0 spiro atoms. The molecule has 334 valence electrons. The van der Waals surface area contributed by atoms with Crippen molar-refractivity contribution in [3.8, 4) is 0 Å². The van der Waals surface area contributed by atoms with Crippen LogP contribution in [-0.4, -0.2) is 61.2 Å². The largest absolute Gasteiger partial charge is 0.460 e. The van der Waals surface area contributed by atoms with E-state index in [-0.39, 0.29) is 24.6 Å². The molecule has 12 nitrogen and oxygen atoms in total. The van der Waals surface area contributed by atoms with Crippen LogP contribution in [0.4, 0.5) is 22.7 Å². The molecule has 0 saturated carbocycles. The lowest BCUT2D eigenvalue weighted by atomic mass is 10.1. The fourth-order valence-electron chi connectivity index (χ4n) is 7.00. The molecule has 5 aromatic carbocycles. The van der Waals surface area contributed by atoms with Crippen LogP contribution in [0.1, 0.15) is 108 Å². The Kier molecular flexibility index (Phi) is 19.3. The van der Waals surface area contributed by atoms with Crippen LogP contribution in [0.25, 0.3) is 24.3 Å². The van der Waals surface area contributed by atoms with Crippen LogP contribution < -0.4 is 9.80 Å². The molecule has 0 aromatic heterocycles. The maximum absolute atomic E-state index is 13.1. The van der Waals surface area contributed by atoms with Gasteiger partial charge in [0.05, 0.1) is 34.1 Å². The topological polar surface area (TPSA) is 145 Å². The number of non-ortho nitro benzene ring substituents is 2. The zero-order chi connectivity index (χ0) is 45.5. The smallest absolute Gasteiger partial charge is 0.338 e. The number of ether oxygens (including phenoxy) is 2. The number of unbranched alkanes of at least 4 members (excludes halogenated alkanes) is 6. The third-order valence-corrected chi connectivity index (χ3v) is 10.8. The summed E-state index contributed by atoms with van der Waals surface area (Å²) in [5.41, 5.74) is 6.56. The summed E-state index contributed by atoms with van der Waals surface area (Å²) >= 11 is 0. The van der Waals surface area contributed by atoms with Gasteiger partial charge in [-0.25, -0.2) is 9.59 Å². The van der Waals surface area contributed by atoms with Gasteiger partial charge in [0.15, 0.2) is 0 Å². The number of anilines is 2. The van der Waals surface area contributed by atoms with Gasteiger partial charge in [0, 0.05) is 48.7 Å². The number of carbonyl (C=O) groups excluding carboxylic acids is 2. The van der Waals surface area contributed by atoms with Gasteiger partial charge in [-0.3, -0.25) is 20.2 Å². The summed E-state index contributed by atoms with van der Waals surface area (Å²) in [6.45, 7) is 7.41. The van der Waals surface area contributed by atoms with Crippen molar-refractivity contribution < 1.29 is 28.9 Å². The summed E-state index contributed by atoms with van der Waals surface area (Å²) < 4.78 is 11.4. The summed E-state index contributed by atoms with van der Waals surface area (Å²) in [4.78, 5) is 51.7. The van der Waals surface area contributed by atoms with Crippen LogP contribution in [0.5, 0.6) is 0 Å². The lowest BCUT2D eigenvalue weighted by molar-refractivity contribution is -0.385. The normalized spacial score (nSPS) is 11.2. The molecular weight excluding hydrogens is 809 g/mol. The second-order valence-electron chi connectivity index (χ2n) is 15.5. The Morgan fingerprint density at radius 3 is 1.06 bits per heavy atom. The molecule has 0 N–H and O–H groups in total. The van der Waals surface area contributed by atoms with Gasteiger partial charge in [-0.05, 0) is 108 Å². The third-order valence-electron chi connectivity index (χ3n) is 10.8. The van der Waals surface area contributed by atoms with Crippen LogP contribution in [0.15, 0.2) is 121 Å². The van der Waals surface area contributed by atoms with Crippen molar-refractivity contribution in [2.45, 2.75) is 65.2 Å². The molecule has 0 atom stereocenters. The molecule has 0 aliphatic rings. The summed E-state index contributed by atoms with van der Waals surface area (Å²) in [7, 11) is 0. The fourth-order valence-corrected chi connectivity index (χ4v) is 7.00. The Labute approximate surface area is 376 Å². The lowest BCUT2D eigenvalue weighted by Crippen LogP contribution is -2.29. The zero-order valence-electron chi connectivity index (χ0n) is 36.8. The van der Waals surface area contributed by atoms with E-state index in [9.17, 15) is 29.8 Å². The van der Waals surface area contributed by atoms with Crippen molar-refractivity contribution in [3.05, 3.63) is 175 Å². The van der Waals surface area contributed by atoms with Gasteiger partial charge < -0.3 is 19.3 Å². The highest BCUT2D eigenvalue weighted by Crippen LogP contribution is 2.22. The first-order valence-electron chi connectivity index (χ1n) is 22.1. The number of esters is 2. The van der Waals surface area contributed by atoms with Crippen LogP contribution in [0.3, 0.4) is 0 Å². The van der Waals surface area contributed by atoms with Crippen LogP contribution in [0, 0.1) is 20.2 Å². The molecule has 0 saturated heterocycles. The minimum absolute atomic E-state index is 0.0564. The molecular formula is C52H58N4O8. The molecule has 0 bridgehead atoms. The minimum Gasteiger partial charge on any atom is -0.460 e. The average Bonchev–Trinajstić information content (AvgIpc) is 3.32. The van der Waals surface area contributed by atoms with Crippen LogP contribution in [-0.2, 0) is 9.47 Å². The summed E-state index contributed by atoms with van der Waals surface area (Å²) in [5, 5.41) is 21.9. The Morgan fingerprint density at radius 1 is 0.453 bits per heavy atom. The first-order valence-corrected chi connectivity index (χ1v) is 22.1. The SMILES string of the molecule is CCCCCCN(CCOC(=O)c1ccc(C(=O)OCCN(CCCCCC)c2ccc(/C=C/c3ccc([N+](=O)[O-])cc3)cc2)cc1)c1ccc(/C=C/c2ccc([N+](=O)[O-])cc2)cc1. The van der Waals surface area contributed by atoms with Gasteiger partial charge in [0.2, 0.25) is 0 Å². The second-order valence-corrected chi connectivity index (χ2v) is 15.5. The number of hydrogen-bond donors (Lipinski definition) is 0. The molecule has 0 aliphatic heterocycles. The number of nitro benzene ring substituents is 2. The minimum atomic E-state index is -0.468. The van der Waals surface area contributed by atoms with E-state index in [0.717, 1.165) is 98.1 Å². The highest BCUT2D eigenvalue weighted by molar-refractivity contribution is 5.93. The van der Waals surface area contributed by atoms with Crippen molar-refractivity contribution in [2.75, 3.05) is 49.2 Å². The van der Waals surface area contributed by atoms with E-state index in [2.05, 4.69) is 23.6 Å². The summed E-state index contributed by atoms with van der Waals surface area (Å²) in [5.74, 6) is -0.937. The Balaban J connectivity index is 1.11. The first-order chi connectivity index (χ1) is 31.1. The van der Waals surface area contributed by atoms with Crippen LogP contribution in [0.2, 0.25) is 0 Å². The van der Waals surface area contributed by atoms with Crippen molar-refractivity contribution in [1.29, 1.82) is 0 Å². The number of nitrogens with zero attached hydrogens (tertiary/aromatic N) is 4. The molecule has 64 heavy (non-hydrogen) atoms. The van der Waals surface area contributed by atoms with E-state index in [1.807, 2.05) is 72.8 Å². The number of nitro groups is 2. The Morgan fingerprint density at radius 2 is 0.766 bits per heavy atom. The van der Waals surface area contributed by atoms with Crippen LogP contribution >= 0.6 is 0 Å². The first kappa shape index (κ1) is 48.0. The fraction of sp³-hybridized carbons (Fsp3) is 0.308. The van der Waals surface area contributed by atoms with E-state index < -0.39 is 21.8 Å². The summed E-state index contributed by atoms with van der Waals surface area (Å²) in [6, 6.07) is 35.4. The van der Waals surface area contributed by atoms with Crippen molar-refractivity contribution in [1.82, 2.24) is 0 Å². The predicted molar refractivity (Wildman–Crippen MR) is 257 cm³/mol. The highest BCUT2D eigenvalue weighted by atomic mass is 16.6. The number of carbonyl (C=O) groups is 2. The Hall–Kier alpha value is -7.08. The van der Waals surface area contributed by atoms with Gasteiger partial charge in [-0.15, -0.1) is 0 Å². The highest BCUT2D eigenvalue weighted by Gasteiger charge is 2.15.